The SMILES string of the molecule is CN=C(NCc1ncc(C)c(OC)c1C)NC1CCN(c2cccc(Cl)c2)C1.I. The predicted octanol–water partition coefficient (Wildman–Crippen LogP) is 3.92. The van der Waals surface area contributed by atoms with Crippen molar-refractivity contribution < 1.29 is 4.74 Å². The molecule has 0 saturated carbocycles. The van der Waals surface area contributed by atoms with Crippen molar-refractivity contribution >= 4 is 47.2 Å². The summed E-state index contributed by atoms with van der Waals surface area (Å²) in [7, 11) is 3.48. The standard InChI is InChI=1S/C21H28ClN5O.HI/c1-14-11-24-19(15(2)20(14)28-4)12-25-21(23-3)26-17-8-9-27(13-17)18-7-5-6-16(22)10-18;/h5-7,10-11,17H,8-9,12-13H2,1-4H3,(H2,23,25,26);1H. The number of halogens is 2. The Balaban J connectivity index is 0.00000300. The number of ether oxygens (including phenoxy) is 1. The van der Waals surface area contributed by atoms with Crippen molar-refractivity contribution in [2.75, 3.05) is 32.1 Å². The Morgan fingerprint density at radius 3 is 2.86 bits per heavy atom. The zero-order chi connectivity index (χ0) is 20.1. The molecule has 3 rings (SSSR count). The van der Waals surface area contributed by atoms with Crippen molar-refractivity contribution in [1.29, 1.82) is 0 Å². The molecule has 1 aromatic carbocycles. The van der Waals surface area contributed by atoms with E-state index in [1.807, 2.05) is 38.2 Å². The van der Waals surface area contributed by atoms with Crippen molar-refractivity contribution in [3.05, 3.63) is 52.3 Å². The van der Waals surface area contributed by atoms with Gasteiger partial charge in [0.15, 0.2) is 5.96 Å². The normalized spacial score (nSPS) is 16.4. The molecule has 6 nitrogen and oxygen atoms in total. The lowest BCUT2D eigenvalue weighted by atomic mass is 10.1. The quantitative estimate of drug-likeness (QED) is 0.349. The molecule has 1 saturated heterocycles. The van der Waals surface area contributed by atoms with Crippen LogP contribution in [0.3, 0.4) is 0 Å². The topological polar surface area (TPSA) is 61.8 Å². The molecule has 1 unspecified atom stereocenters. The number of hydrogen-bond donors (Lipinski definition) is 2. The van der Waals surface area contributed by atoms with E-state index in [-0.39, 0.29) is 24.0 Å². The number of aromatic nitrogens is 1. The summed E-state index contributed by atoms with van der Waals surface area (Å²) >= 11 is 6.12. The molecule has 1 fully saturated rings. The summed E-state index contributed by atoms with van der Waals surface area (Å²) in [5, 5.41) is 7.65. The second-order valence-electron chi connectivity index (χ2n) is 7.03. The Labute approximate surface area is 195 Å². The summed E-state index contributed by atoms with van der Waals surface area (Å²) < 4.78 is 5.49. The molecule has 0 spiro atoms. The Hall–Kier alpha value is -1.74. The van der Waals surface area contributed by atoms with Gasteiger partial charge >= 0.3 is 0 Å². The van der Waals surface area contributed by atoms with E-state index in [9.17, 15) is 0 Å². The zero-order valence-corrected chi connectivity index (χ0v) is 20.4. The third-order valence-corrected chi connectivity index (χ3v) is 5.33. The molecule has 0 amide bonds. The van der Waals surface area contributed by atoms with Gasteiger partial charge in [0, 0.05) is 54.2 Å². The van der Waals surface area contributed by atoms with Gasteiger partial charge in [-0.2, -0.15) is 0 Å². The molecule has 1 aromatic heterocycles. The Morgan fingerprint density at radius 1 is 1.38 bits per heavy atom. The van der Waals surface area contributed by atoms with Gasteiger partial charge in [0.05, 0.1) is 19.3 Å². The van der Waals surface area contributed by atoms with Crippen molar-refractivity contribution in [2.24, 2.45) is 4.99 Å². The van der Waals surface area contributed by atoms with E-state index in [1.54, 1.807) is 14.2 Å². The van der Waals surface area contributed by atoms with Crippen LogP contribution in [-0.4, -0.2) is 44.2 Å². The highest BCUT2D eigenvalue weighted by atomic mass is 127. The van der Waals surface area contributed by atoms with Gasteiger partial charge in [-0.3, -0.25) is 9.98 Å². The van der Waals surface area contributed by atoms with E-state index >= 15 is 0 Å². The first-order valence-electron chi connectivity index (χ1n) is 9.48. The lowest BCUT2D eigenvalue weighted by Gasteiger charge is -2.21. The molecule has 29 heavy (non-hydrogen) atoms. The first kappa shape index (κ1) is 23.5. The highest BCUT2D eigenvalue weighted by Gasteiger charge is 2.23. The van der Waals surface area contributed by atoms with Gasteiger partial charge in [-0.25, -0.2) is 0 Å². The number of nitrogens with one attached hydrogen (secondary N) is 2. The van der Waals surface area contributed by atoms with Crippen LogP contribution in [-0.2, 0) is 6.54 Å². The van der Waals surface area contributed by atoms with Crippen molar-refractivity contribution in [3.8, 4) is 5.75 Å². The number of benzene rings is 1. The number of rotatable bonds is 5. The Kier molecular flexibility index (Phi) is 8.82. The van der Waals surface area contributed by atoms with E-state index in [2.05, 4.69) is 31.6 Å². The van der Waals surface area contributed by atoms with Crippen LogP contribution in [0.1, 0.15) is 23.2 Å². The smallest absolute Gasteiger partial charge is 0.191 e. The highest BCUT2D eigenvalue weighted by Crippen LogP contribution is 2.24. The van der Waals surface area contributed by atoms with E-state index < -0.39 is 0 Å². The maximum atomic E-state index is 6.12. The van der Waals surface area contributed by atoms with Crippen LogP contribution in [0.5, 0.6) is 5.75 Å². The number of aryl methyl sites for hydroxylation is 1. The van der Waals surface area contributed by atoms with Crippen LogP contribution in [0.25, 0.3) is 0 Å². The summed E-state index contributed by atoms with van der Waals surface area (Å²) in [6.07, 6.45) is 2.89. The summed E-state index contributed by atoms with van der Waals surface area (Å²) in [6, 6.07) is 8.33. The number of hydrogen-bond acceptors (Lipinski definition) is 4. The van der Waals surface area contributed by atoms with Crippen LogP contribution in [0.2, 0.25) is 5.02 Å². The molecular weight excluding hydrogens is 501 g/mol. The van der Waals surface area contributed by atoms with Gasteiger partial charge in [-0.15, -0.1) is 24.0 Å². The Bertz CT molecular complexity index is 861. The molecule has 1 aliphatic rings. The van der Waals surface area contributed by atoms with Crippen LogP contribution in [0.15, 0.2) is 35.5 Å². The van der Waals surface area contributed by atoms with Gasteiger partial charge in [0.2, 0.25) is 0 Å². The molecule has 0 aliphatic carbocycles. The first-order valence-corrected chi connectivity index (χ1v) is 9.86. The van der Waals surface area contributed by atoms with Crippen LogP contribution < -0.4 is 20.3 Å². The largest absolute Gasteiger partial charge is 0.496 e. The molecule has 2 heterocycles. The number of anilines is 1. The zero-order valence-electron chi connectivity index (χ0n) is 17.3. The molecule has 0 bridgehead atoms. The minimum Gasteiger partial charge on any atom is -0.496 e. The average Bonchev–Trinajstić information content (AvgIpc) is 3.15. The van der Waals surface area contributed by atoms with Crippen LogP contribution in [0.4, 0.5) is 5.69 Å². The number of nitrogens with zero attached hydrogens (tertiary/aromatic N) is 3. The number of pyridine rings is 1. The summed E-state index contributed by atoms with van der Waals surface area (Å²) in [4.78, 5) is 11.2. The molecule has 1 aliphatic heterocycles. The molecule has 0 radical (unpaired) electrons. The van der Waals surface area contributed by atoms with Gasteiger partial charge in [-0.1, -0.05) is 17.7 Å². The monoisotopic (exact) mass is 529 g/mol. The van der Waals surface area contributed by atoms with Gasteiger partial charge in [-0.05, 0) is 38.5 Å². The van der Waals surface area contributed by atoms with Crippen molar-refractivity contribution in [2.45, 2.75) is 32.9 Å². The molecule has 2 aromatic rings. The molecular formula is C21H29ClIN5O. The molecule has 1 atom stereocenters. The van der Waals surface area contributed by atoms with Gasteiger partial charge in [0.1, 0.15) is 5.75 Å². The minimum atomic E-state index is 0. The second-order valence-corrected chi connectivity index (χ2v) is 7.46. The summed E-state index contributed by atoms with van der Waals surface area (Å²) in [6.45, 7) is 6.53. The average molecular weight is 530 g/mol. The van der Waals surface area contributed by atoms with E-state index in [0.29, 0.717) is 12.6 Å². The fourth-order valence-corrected chi connectivity index (χ4v) is 3.77. The number of methoxy groups -OCH3 is 1. The lowest BCUT2D eigenvalue weighted by Crippen LogP contribution is -2.44. The molecule has 8 heteroatoms. The maximum absolute atomic E-state index is 6.12. The Morgan fingerprint density at radius 2 is 2.17 bits per heavy atom. The summed E-state index contributed by atoms with van der Waals surface area (Å²) in [5.41, 5.74) is 4.21. The van der Waals surface area contributed by atoms with E-state index in [4.69, 9.17) is 16.3 Å². The maximum Gasteiger partial charge on any atom is 0.191 e. The third kappa shape index (κ3) is 5.88. The van der Waals surface area contributed by atoms with Gasteiger partial charge < -0.3 is 20.3 Å². The fraction of sp³-hybridized carbons (Fsp3) is 0.429. The second kappa shape index (κ2) is 10.9. The first-order chi connectivity index (χ1) is 13.5. The minimum absolute atomic E-state index is 0. The molecule has 158 valence electrons. The fourth-order valence-electron chi connectivity index (χ4n) is 3.59. The number of guanidine groups is 1. The van der Waals surface area contributed by atoms with Gasteiger partial charge in [0.25, 0.3) is 0 Å². The van der Waals surface area contributed by atoms with Crippen LogP contribution in [0, 0.1) is 13.8 Å². The van der Waals surface area contributed by atoms with Crippen molar-refractivity contribution in [3.63, 3.8) is 0 Å². The lowest BCUT2D eigenvalue weighted by molar-refractivity contribution is 0.406. The van der Waals surface area contributed by atoms with E-state index in [1.165, 1.54) is 0 Å². The van der Waals surface area contributed by atoms with Crippen molar-refractivity contribution in [1.82, 2.24) is 15.6 Å². The van der Waals surface area contributed by atoms with Crippen LogP contribution >= 0.6 is 35.6 Å². The third-order valence-electron chi connectivity index (χ3n) is 5.10. The highest BCUT2D eigenvalue weighted by molar-refractivity contribution is 14.0. The predicted molar refractivity (Wildman–Crippen MR) is 131 cm³/mol. The van der Waals surface area contributed by atoms with E-state index in [0.717, 1.165) is 58.8 Å². The summed E-state index contributed by atoms with van der Waals surface area (Å²) in [5.74, 6) is 1.67. The number of aliphatic imine (C=N–C) groups is 1. The molecule has 2 N–H and O–H groups in total.